The molecule has 1 heterocycles. The highest BCUT2D eigenvalue weighted by Gasteiger charge is 2.00. The zero-order valence-electron chi connectivity index (χ0n) is 10.7. The zero-order chi connectivity index (χ0) is 12.8. The van der Waals surface area contributed by atoms with E-state index in [1.54, 1.807) is 19.5 Å². The van der Waals surface area contributed by atoms with Crippen LogP contribution < -0.4 is 10.1 Å². The molecule has 0 fully saturated rings. The number of ether oxygens (including phenoxy) is 1. The van der Waals surface area contributed by atoms with Crippen molar-refractivity contribution in [3.8, 4) is 5.75 Å². The summed E-state index contributed by atoms with van der Waals surface area (Å²) < 4.78 is 5.20. The second kappa shape index (κ2) is 6.00. The van der Waals surface area contributed by atoms with Crippen LogP contribution in [0.5, 0.6) is 5.75 Å². The zero-order valence-corrected chi connectivity index (χ0v) is 10.7. The van der Waals surface area contributed by atoms with Crippen molar-refractivity contribution < 1.29 is 4.74 Å². The first kappa shape index (κ1) is 12.4. The van der Waals surface area contributed by atoms with Gasteiger partial charge in [-0.25, -0.2) is 4.98 Å². The lowest BCUT2D eigenvalue weighted by atomic mass is 10.1. The van der Waals surface area contributed by atoms with Crippen molar-refractivity contribution >= 4 is 5.82 Å². The Balaban J connectivity index is 1.90. The molecule has 0 bridgehead atoms. The number of anilines is 1. The van der Waals surface area contributed by atoms with Gasteiger partial charge in [-0.3, -0.25) is 4.98 Å². The third-order valence-electron chi connectivity index (χ3n) is 2.72. The molecule has 18 heavy (non-hydrogen) atoms. The lowest BCUT2D eigenvalue weighted by Crippen LogP contribution is -2.08. The summed E-state index contributed by atoms with van der Waals surface area (Å²) in [5.41, 5.74) is 2.16. The summed E-state index contributed by atoms with van der Waals surface area (Å²) in [4.78, 5) is 8.43. The third-order valence-corrected chi connectivity index (χ3v) is 2.72. The quantitative estimate of drug-likeness (QED) is 0.876. The van der Waals surface area contributed by atoms with Gasteiger partial charge in [0.05, 0.1) is 12.8 Å². The van der Waals surface area contributed by atoms with E-state index in [0.717, 1.165) is 30.2 Å². The lowest BCUT2D eigenvalue weighted by molar-refractivity contribution is 0.414. The molecule has 0 unspecified atom stereocenters. The van der Waals surface area contributed by atoms with Crippen molar-refractivity contribution in [1.82, 2.24) is 9.97 Å². The van der Waals surface area contributed by atoms with Crippen LogP contribution in [-0.2, 0) is 6.42 Å². The number of methoxy groups -OCH3 is 1. The lowest BCUT2D eigenvalue weighted by Gasteiger charge is -2.08. The van der Waals surface area contributed by atoms with E-state index in [-0.39, 0.29) is 0 Å². The predicted octanol–water partition coefficient (Wildman–Crippen LogP) is 2.45. The minimum atomic E-state index is 0.826. The number of benzene rings is 1. The van der Waals surface area contributed by atoms with E-state index >= 15 is 0 Å². The standard InChI is InChI=1S/C14H17N3O/c1-11-14(17-9-8-15-11)16-7-6-12-4-3-5-13(10-12)18-2/h3-5,8-10H,6-7H2,1-2H3,(H,16,17). The first-order valence-electron chi connectivity index (χ1n) is 5.94. The van der Waals surface area contributed by atoms with Crippen LogP contribution >= 0.6 is 0 Å². The molecule has 0 amide bonds. The molecule has 4 heteroatoms. The van der Waals surface area contributed by atoms with Gasteiger partial charge in [-0.2, -0.15) is 0 Å². The van der Waals surface area contributed by atoms with Crippen LogP contribution in [0.4, 0.5) is 5.82 Å². The van der Waals surface area contributed by atoms with Gasteiger partial charge in [0, 0.05) is 18.9 Å². The summed E-state index contributed by atoms with van der Waals surface area (Å²) in [5.74, 6) is 1.74. The molecule has 4 nitrogen and oxygen atoms in total. The van der Waals surface area contributed by atoms with E-state index in [1.807, 2.05) is 25.1 Å². The normalized spacial score (nSPS) is 10.1. The summed E-state index contributed by atoms with van der Waals surface area (Å²) in [6.07, 6.45) is 4.32. The van der Waals surface area contributed by atoms with Gasteiger partial charge in [-0.15, -0.1) is 0 Å². The fraction of sp³-hybridized carbons (Fsp3) is 0.286. The van der Waals surface area contributed by atoms with Crippen LogP contribution in [0.1, 0.15) is 11.3 Å². The molecule has 2 aromatic rings. The molecule has 1 aromatic heterocycles. The van der Waals surface area contributed by atoms with Crippen LogP contribution in [0.15, 0.2) is 36.7 Å². The predicted molar refractivity (Wildman–Crippen MR) is 72.0 cm³/mol. The average molecular weight is 243 g/mol. The van der Waals surface area contributed by atoms with Crippen molar-refractivity contribution in [2.75, 3.05) is 19.0 Å². The van der Waals surface area contributed by atoms with Crippen LogP contribution in [0, 0.1) is 6.92 Å². The molecule has 0 radical (unpaired) electrons. The number of rotatable bonds is 5. The molecule has 0 aliphatic heterocycles. The number of aromatic nitrogens is 2. The van der Waals surface area contributed by atoms with E-state index in [2.05, 4.69) is 21.4 Å². The highest BCUT2D eigenvalue weighted by atomic mass is 16.5. The van der Waals surface area contributed by atoms with Crippen molar-refractivity contribution in [2.45, 2.75) is 13.3 Å². The Hall–Kier alpha value is -2.10. The first-order valence-corrected chi connectivity index (χ1v) is 5.94. The highest BCUT2D eigenvalue weighted by Crippen LogP contribution is 2.13. The summed E-state index contributed by atoms with van der Waals surface area (Å²) in [6, 6.07) is 8.09. The molecular weight excluding hydrogens is 226 g/mol. The van der Waals surface area contributed by atoms with Crippen LogP contribution in [0.25, 0.3) is 0 Å². The Morgan fingerprint density at radius 2 is 2.06 bits per heavy atom. The van der Waals surface area contributed by atoms with Gasteiger partial charge in [-0.05, 0) is 31.0 Å². The Morgan fingerprint density at radius 3 is 2.83 bits per heavy atom. The number of nitrogens with one attached hydrogen (secondary N) is 1. The topological polar surface area (TPSA) is 47.0 Å². The van der Waals surface area contributed by atoms with Crippen molar-refractivity contribution in [3.63, 3.8) is 0 Å². The van der Waals surface area contributed by atoms with Crippen LogP contribution in [0.3, 0.4) is 0 Å². The average Bonchev–Trinajstić information content (AvgIpc) is 2.41. The van der Waals surface area contributed by atoms with Gasteiger partial charge in [0.15, 0.2) is 0 Å². The fourth-order valence-electron chi connectivity index (χ4n) is 1.73. The SMILES string of the molecule is COc1cccc(CCNc2nccnc2C)c1. The van der Waals surface area contributed by atoms with Crippen molar-refractivity contribution in [3.05, 3.63) is 47.9 Å². The third kappa shape index (κ3) is 3.20. The largest absolute Gasteiger partial charge is 0.497 e. The van der Waals surface area contributed by atoms with Gasteiger partial charge in [-0.1, -0.05) is 12.1 Å². The summed E-state index contributed by atoms with van der Waals surface area (Å²) >= 11 is 0. The van der Waals surface area contributed by atoms with Gasteiger partial charge in [0.1, 0.15) is 11.6 Å². The van der Waals surface area contributed by atoms with Gasteiger partial charge in [0.25, 0.3) is 0 Å². The smallest absolute Gasteiger partial charge is 0.147 e. The van der Waals surface area contributed by atoms with Gasteiger partial charge < -0.3 is 10.1 Å². The number of hydrogen-bond donors (Lipinski definition) is 1. The van der Waals surface area contributed by atoms with Crippen molar-refractivity contribution in [1.29, 1.82) is 0 Å². The Bertz CT molecular complexity index is 514. The Labute approximate surface area is 107 Å². The minimum Gasteiger partial charge on any atom is -0.497 e. The summed E-state index contributed by atoms with van der Waals surface area (Å²) in [6.45, 7) is 2.77. The van der Waals surface area contributed by atoms with Crippen LogP contribution in [-0.4, -0.2) is 23.6 Å². The first-order chi connectivity index (χ1) is 8.79. The molecule has 0 aliphatic carbocycles. The second-order valence-corrected chi connectivity index (χ2v) is 4.02. The molecule has 1 N–H and O–H groups in total. The summed E-state index contributed by atoms with van der Waals surface area (Å²) in [5, 5.41) is 3.28. The highest BCUT2D eigenvalue weighted by molar-refractivity contribution is 5.38. The van der Waals surface area contributed by atoms with E-state index < -0.39 is 0 Å². The molecule has 0 atom stereocenters. The van der Waals surface area contributed by atoms with E-state index in [1.165, 1.54) is 5.56 Å². The van der Waals surface area contributed by atoms with E-state index in [4.69, 9.17) is 4.74 Å². The van der Waals surface area contributed by atoms with Crippen LogP contribution in [0.2, 0.25) is 0 Å². The van der Waals surface area contributed by atoms with Gasteiger partial charge in [0.2, 0.25) is 0 Å². The summed E-state index contributed by atoms with van der Waals surface area (Å²) in [7, 11) is 1.68. The fourth-order valence-corrected chi connectivity index (χ4v) is 1.73. The second-order valence-electron chi connectivity index (χ2n) is 4.02. The molecular formula is C14H17N3O. The molecule has 94 valence electrons. The Kier molecular flexibility index (Phi) is 4.12. The minimum absolute atomic E-state index is 0.826. The van der Waals surface area contributed by atoms with E-state index in [9.17, 15) is 0 Å². The number of hydrogen-bond acceptors (Lipinski definition) is 4. The molecule has 0 aliphatic rings. The maximum atomic E-state index is 5.20. The number of aryl methyl sites for hydroxylation is 1. The molecule has 0 saturated carbocycles. The monoisotopic (exact) mass is 243 g/mol. The molecule has 0 saturated heterocycles. The molecule has 1 aromatic carbocycles. The van der Waals surface area contributed by atoms with E-state index in [0.29, 0.717) is 0 Å². The Morgan fingerprint density at radius 1 is 1.22 bits per heavy atom. The molecule has 2 rings (SSSR count). The molecule has 0 spiro atoms. The maximum Gasteiger partial charge on any atom is 0.147 e. The van der Waals surface area contributed by atoms with Gasteiger partial charge >= 0.3 is 0 Å². The number of nitrogens with zero attached hydrogens (tertiary/aromatic N) is 2. The maximum absolute atomic E-state index is 5.20. The van der Waals surface area contributed by atoms with Crippen molar-refractivity contribution in [2.24, 2.45) is 0 Å².